The number of benzene rings is 1. The molecule has 20 heavy (non-hydrogen) atoms. The van der Waals surface area contributed by atoms with Gasteiger partial charge in [0, 0.05) is 23.1 Å². The van der Waals surface area contributed by atoms with Crippen molar-refractivity contribution in [1.82, 2.24) is 10.2 Å². The van der Waals surface area contributed by atoms with E-state index in [1.165, 1.54) is 0 Å². The molecule has 1 aromatic rings. The molecule has 1 N–H and O–H groups in total. The number of carbonyl (C=O) groups is 1. The first-order valence-corrected chi connectivity index (χ1v) is 7.63. The lowest BCUT2D eigenvalue weighted by molar-refractivity contribution is -0.122. The van der Waals surface area contributed by atoms with Crippen LogP contribution in [0.25, 0.3) is 0 Å². The minimum atomic E-state index is 0.0647. The van der Waals surface area contributed by atoms with Gasteiger partial charge in [-0.3, -0.25) is 9.69 Å². The Labute approximate surface area is 129 Å². The van der Waals surface area contributed by atoms with Crippen LogP contribution in [-0.4, -0.2) is 38.1 Å². The van der Waals surface area contributed by atoms with Crippen LogP contribution in [-0.2, 0) is 11.3 Å². The van der Waals surface area contributed by atoms with E-state index in [0.29, 0.717) is 13.1 Å². The van der Waals surface area contributed by atoms with Gasteiger partial charge in [-0.1, -0.05) is 29.3 Å². The summed E-state index contributed by atoms with van der Waals surface area (Å²) < 4.78 is 6.35. The lowest BCUT2D eigenvalue weighted by Crippen LogP contribution is -2.35. The van der Waals surface area contributed by atoms with Crippen molar-refractivity contribution in [2.75, 3.05) is 27.2 Å². The number of ether oxygens (including phenoxy) is 1. The second kappa shape index (κ2) is 8.97. The Morgan fingerprint density at radius 2 is 2.20 bits per heavy atom. The van der Waals surface area contributed by atoms with Gasteiger partial charge in [-0.15, -0.1) is 0 Å². The van der Waals surface area contributed by atoms with Gasteiger partial charge in [-0.2, -0.15) is 0 Å². The van der Waals surface area contributed by atoms with Crippen molar-refractivity contribution in [2.45, 2.75) is 26.3 Å². The summed E-state index contributed by atoms with van der Waals surface area (Å²) in [4.78, 5) is 13.7. The minimum Gasteiger partial charge on any atom is -0.496 e. The molecular weight excluding hydrogens is 320 g/mol. The van der Waals surface area contributed by atoms with Crippen LogP contribution in [0.1, 0.15) is 25.3 Å². The standard InChI is InChI=1S/C15H23BrN2O2/c1-4-5-8-17-15(19)11-18(2)10-12-9-13(16)6-7-14(12)20-3/h6-7,9H,4-5,8,10-11H2,1-3H3,(H,17,19). The van der Waals surface area contributed by atoms with Crippen LogP contribution < -0.4 is 10.1 Å². The van der Waals surface area contributed by atoms with Crippen molar-refractivity contribution in [3.63, 3.8) is 0 Å². The van der Waals surface area contributed by atoms with E-state index >= 15 is 0 Å². The number of carbonyl (C=O) groups excluding carboxylic acids is 1. The molecule has 0 atom stereocenters. The van der Waals surface area contributed by atoms with Crippen molar-refractivity contribution >= 4 is 21.8 Å². The van der Waals surface area contributed by atoms with E-state index in [0.717, 1.165) is 35.2 Å². The van der Waals surface area contributed by atoms with Crippen molar-refractivity contribution in [2.24, 2.45) is 0 Å². The summed E-state index contributed by atoms with van der Waals surface area (Å²) in [6.07, 6.45) is 2.11. The number of unbranched alkanes of at least 4 members (excludes halogenated alkanes) is 1. The third kappa shape index (κ3) is 5.92. The minimum absolute atomic E-state index is 0.0647. The van der Waals surface area contributed by atoms with Gasteiger partial charge in [0.1, 0.15) is 5.75 Å². The molecular formula is C15H23BrN2O2. The largest absolute Gasteiger partial charge is 0.496 e. The van der Waals surface area contributed by atoms with E-state index in [1.54, 1.807) is 7.11 Å². The van der Waals surface area contributed by atoms with E-state index in [-0.39, 0.29) is 5.91 Å². The number of amides is 1. The van der Waals surface area contributed by atoms with Gasteiger partial charge in [-0.05, 0) is 31.7 Å². The quantitative estimate of drug-likeness (QED) is 0.738. The molecule has 0 aliphatic carbocycles. The number of halogens is 1. The van der Waals surface area contributed by atoms with Gasteiger partial charge in [0.05, 0.1) is 13.7 Å². The lowest BCUT2D eigenvalue weighted by Gasteiger charge is -2.18. The zero-order valence-electron chi connectivity index (χ0n) is 12.4. The molecule has 4 nitrogen and oxygen atoms in total. The summed E-state index contributed by atoms with van der Waals surface area (Å²) in [6.45, 7) is 3.92. The molecule has 0 aliphatic heterocycles. The van der Waals surface area contributed by atoms with Crippen LogP contribution in [0.15, 0.2) is 22.7 Å². The monoisotopic (exact) mass is 342 g/mol. The second-order valence-electron chi connectivity index (χ2n) is 4.83. The molecule has 0 saturated carbocycles. The average molecular weight is 343 g/mol. The Balaban J connectivity index is 2.51. The van der Waals surface area contributed by atoms with Crippen molar-refractivity contribution < 1.29 is 9.53 Å². The van der Waals surface area contributed by atoms with Crippen LogP contribution in [0.3, 0.4) is 0 Å². The normalized spacial score (nSPS) is 10.7. The molecule has 0 bridgehead atoms. The van der Waals surface area contributed by atoms with Gasteiger partial charge >= 0.3 is 0 Å². The zero-order valence-corrected chi connectivity index (χ0v) is 14.0. The van der Waals surface area contributed by atoms with Gasteiger partial charge in [0.15, 0.2) is 0 Å². The van der Waals surface area contributed by atoms with Crippen LogP contribution in [0.5, 0.6) is 5.75 Å². The SMILES string of the molecule is CCCCNC(=O)CN(C)Cc1cc(Br)ccc1OC. The van der Waals surface area contributed by atoms with E-state index < -0.39 is 0 Å². The number of likely N-dealkylation sites (N-methyl/N-ethyl adjacent to an activating group) is 1. The fourth-order valence-corrected chi connectivity index (χ4v) is 2.33. The Morgan fingerprint density at radius 1 is 1.45 bits per heavy atom. The summed E-state index contributed by atoms with van der Waals surface area (Å²) >= 11 is 3.46. The molecule has 0 saturated heterocycles. The highest BCUT2D eigenvalue weighted by Crippen LogP contribution is 2.23. The highest BCUT2D eigenvalue weighted by Gasteiger charge is 2.10. The molecule has 1 amide bonds. The third-order valence-electron chi connectivity index (χ3n) is 2.95. The Hall–Kier alpha value is -1.07. The molecule has 0 fully saturated rings. The van der Waals surface area contributed by atoms with Crippen molar-refractivity contribution in [3.8, 4) is 5.75 Å². The predicted octanol–water partition coefficient (Wildman–Crippen LogP) is 2.81. The Morgan fingerprint density at radius 3 is 2.85 bits per heavy atom. The third-order valence-corrected chi connectivity index (χ3v) is 3.44. The van der Waals surface area contributed by atoms with Crippen molar-refractivity contribution in [3.05, 3.63) is 28.2 Å². The van der Waals surface area contributed by atoms with E-state index in [2.05, 4.69) is 28.2 Å². The number of hydrogen-bond acceptors (Lipinski definition) is 3. The second-order valence-corrected chi connectivity index (χ2v) is 5.75. The number of rotatable bonds is 8. The molecule has 0 heterocycles. The Bertz CT molecular complexity index is 438. The number of hydrogen-bond donors (Lipinski definition) is 1. The van der Waals surface area contributed by atoms with Crippen LogP contribution in [0.2, 0.25) is 0 Å². The van der Waals surface area contributed by atoms with Crippen LogP contribution >= 0.6 is 15.9 Å². The first kappa shape index (κ1) is 17.0. The van der Waals surface area contributed by atoms with Crippen molar-refractivity contribution in [1.29, 1.82) is 0 Å². The molecule has 112 valence electrons. The zero-order chi connectivity index (χ0) is 15.0. The summed E-state index contributed by atoms with van der Waals surface area (Å²) in [5.74, 6) is 0.904. The predicted molar refractivity (Wildman–Crippen MR) is 84.9 cm³/mol. The summed E-state index contributed by atoms with van der Waals surface area (Å²) in [5, 5.41) is 2.92. The first-order valence-electron chi connectivity index (χ1n) is 6.84. The highest BCUT2D eigenvalue weighted by molar-refractivity contribution is 9.10. The summed E-state index contributed by atoms with van der Waals surface area (Å²) in [5.41, 5.74) is 1.06. The van der Waals surface area contributed by atoms with Crippen LogP contribution in [0.4, 0.5) is 0 Å². The van der Waals surface area contributed by atoms with E-state index in [9.17, 15) is 4.79 Å². The maximum Gasteiger partial charge on any atom is 0.234 e. The van der Waals surface area contributed by atoms with Crippen LogP contribution in [0, 0.1) is 0 Å². The molecule has 1 rings (SSSR count). The molecule has 1 aromatic carbocycles. The van der Waals surface area contributed by atoms with Gasteiger partial charge < -0.3 is 10.1 Å². The molecule has 0 spiro atoms. The maximum absolute atomic E-state index is 11.7. The topological polar surface area (TPSA) is 41.6 Å². The maximum atomic E-state index is 11.7. The molecule has 0 aliphatic rings. The number of methoxy groups -OCH3 is 1. The first-order chi connectivity index (χ1) is 9.56. The fourth-order valence-electron chi connectivity index (χ4n) is 1.92. The van der Waals surface area contributed by atoms with E-state index in [4.69, 9.17) is 4.74 Å². The Kier molecular flexibility index (Phi) is 7.62. The van der Waals surface area contributed by atoms with E-state index in [1.807, 2.05) is 30.1 Å². The highest BCUT2D eigenvalue weighted by atomic mass is 79.9. The average Bonchev–Trinajstić information content (AvgIpc) is 2.39. The fraction of sp³-hybridized carbons (Fsp3) is 0.533. The molecule has 5 heteroatoms. The molecule has 0 unspecified atom stereocenters. The summed E-state index contributed by atoms with van der Waals surface area (Å²) in [7, 11) is 3.59. The smallest absolute Gasteiger partial charge is 0.234 e. The van der Waals surface area contributed by atoms with Gasteiger partial charge in [0.25, 0.3) is 0 Å². The lowest BCUT2D eigenvalue weighted by atomic mass is 10.2. The molecule has 0 aromatic heterocycles. The summed E-state index contributed by atoms with van der Waals surface area (Å²) in [6, 6.07) is 5.89. The molecule has 0 radical (unpaired) electrons. The van der Waals surface area contributed by atoms with Gasteiger partial charge in [0.2, 0.25) is 5.91 Å². The number of nitrogens with one attached hydrogen (secondary N) is 1. The number of nitrogens with zero attached hydrogens (tertiary/aromatic N) is 1. The van der Waals surface area contributed by atoms with Gasteiger partial charge in [-0.25, -0.2) is 0 Å².